The third-order valence-corrected chi connectivity index (χ3v) is 1.60. The van der Waals surface area contributed by atoms with E-state index < -0.39 is 12.1 Å². The van der Waals surface area contributed by atoms with E-state index in [9.17, 15) is 18.0 Å². The molecule has 1 aromatic heterocycles. The molecule has 0 aromatic carbocycles. The number of hydrogen-bond donors (Lipinski definition) is 1. The minimum Gasteiger partial charge on any atom is -0.303 e. The van der Waals surface area contributed by atoms with Crippen LogP contribution < -0.4 is 5.32 Å². The number of nitrogens with one attached hydrogen (secondary N) is 1. The summed E-state index contributed by atoms with van der Waals surface area (Å²) in [5.41, 5.74) is 1.28. The molecule has 0 aliphatic rings. The third kappa shape index (κ3) is 3.23. The number of nitrogens with zero attached hydrogens (tertiary/aromatic N) is 1. The Balaban J connectivity index is 2.86. The average Bonchev–Trinajstić information content (AvgIpc) is 1.99. The molecule has 6 heteroatoms. The summed E-state index contributed by atoms with van der Waals surface area (Å²) in [5, 5.41) is 1.69. The highest BCUT2D eigenvalue weighted by Gasteiger charge is 2.38. The largest absolute Gasteiger partial charge is 0.471 e. The maximum atomic E-state index is 11.9. The molecule has 0 bridgehead atoms. The Labute approximate surface area is 84.3 Å². The van der Waals surface area contributed by atoms with E-state index in [1.165, 1.54) is 6.07 Å². The molecule has 1 rings (SSSR count). The number of halogens is 3. The van der Waals surface area contributed by atoms with E-state index in [0.29, 0.717) is 5.69 Å². The fraction of sp³-hybridized carbons (Fsp3) is 0.333. The molecule has 0 unspecified atom stereocenters. The van der Waals surface area contributed by atoms with Crippen LogP contribution in [0.4, 0.5) is 19.0 Å². The first-order valence-electron chi connectivity index (χ1n) is 4.12. The summed E-state index contributed by atoms with van der Waals surface area (Å²) in [4.78, 5) is 14.3. The van der Waals surface area contributed by atoms with Crippen LogP contribution in [0.2, 0.25) is 0 Å². The van der Waals surface area contributed by atoms with Gasteiger partial charge in [-0.1, -0.05) is 0 Å². The van der Waals surface area contributed by atoms with E-state index >= 15 is 0 Å². The second-order valence-corrected chi connectivity index (χ2v) is 3.12. The highest BCUT2D eigenvalue weighted by molar-refractivity contribution is 5.94. The molecular formula is C9H9F3N2O. The lowest BCUT2D eigenvalue weighted by atomic mass is 10.2. The highest BCUT2D eigenvalue weighted by atomic mass is 19.4. The summed E-state index contributed by atoms with van der Waals surface area (Å²) < 4.78 is 35.7. The minimum atomic E-state index is -4.89. The van der Waals surface area contributed by atoms with E-state index in [1.54, 1.807) is 25.2 Å². The lowest BCUT2D eigenvalue weighted by molar-refractivity contribution is -0.167. The van der Waals surface area contributed by atoms with Gasteiger partial charge in [-0.25, -0.2) is 4.98 Å². The molecule has 1 aromatic rings. The van der Waals surface area contributed by atoms with Crippen molar-refractivity contribution >= 4 is 11.7 Å². The van der Waals surface area contributed by atoms with E-state index in [2.05, 4.69) is 4.98 Å². The van der Waals surface area contributed by atoms with Crippen molar-refractivity contribution in [1.82, 2.24) is 4.98 Å². The van der Waals surface area contributed by atoms with Crippen LogP contribution in [0.15, 0.2) is 12.1 Å². The van der Waals surface area contributed by atoms with Crippen LogP contribution in [0.25, 0.3) is 0 Å². The van der Waals surface area contributed by atoms with Crippen molar-refractivity contribution in [3.63, 3.8) is 0 Å². The van der Waals surface area contributed by atoms with Gasteiger partial charge in [0.05, 0.1) is 0 Å². The number of amides is 1. The second kappa shape index (κ2) is 3.88. The summed E-state index contributed by atoms with van der Waals surface area (Å²) in [6, 6.07) is 3.07. The molecule has 1 heterocycles. The Kier molecular flexibility index (Phi) is 2.97. The van der Waals surface area contributed by atoms with Crippen LogP contribution in [0.5, 0.6) is 0 Å². The number of alkyl halides is 3. The van der Waals surface area contributed by atoms with Crippen molar-refractivity contribution in [3.8, 4) is 0 Å². The van der Waals surface area contributed by atoms with Crippen molar-refractivity contribution in [2.24, 2.45) is 0 Å². The number of carbonyl (C=O) groups is 1. The molecule has 0 atom stereocenters. The smallest absolute Gasteiger partial charge is 0.303 e. The first kappa shape index (κ1) is 11.5. The van der Waals surface area contributed by atoms with Crippen molar-refractivity contribution < 1.29 is 18.0 Å². The Bertz CT molecular complexity index is 367. The highest BCUT2D eigenvalue weighted by Crippen LogP contribution is 2.18. The maximum Gasteiger partial charge on any atom is 0.471 e. The van der Waals surface area contributed by atoms with Crippen molar-refractivity contribution in [2.45, 2.75) is 20.0 Å². The Morgan fingerprint density at radius 1 is 1.33 bits per heavy atom. The monoisotopic (exact) mass is 218 g/mol. The summed E-state index contributed by atoms with van der Waals surface area (Å²) in [6.45, 7) is 3.34. The molecule has 82 valence electrons. The van der Waals surface area contributed by atoms with Crippen molar-refractivity contribution in [2.75, 3.05) is 5.32 Å². The zero-order valence-electron chi connectivity index (χ0n) is 8.14. The molecule has 0 aliphatic heterocycles. The van der Waals surface area contributed by atoms with Crippen LogP contribution in [-0.4, -0.2) is 17.1 Å². The standard InChI is InChI=1S/C9H9F3N2O/c1-5-3-6(2)13-7(4-5)14-8(15)9(10,11)12/h3-4H,1-2H3,(H,13,14,15). The van der Waals surface area contributed by atoms with Gasteiger partial charge in [0.25, 0.3) is 0 Å². The molecule has 0 saturated heterocycles. The van der Waals surface area contributed by atoms with Crippen LogP contribution in [0.1, 0.15) is 11.3 Å². The maximum absolute atomic E-state index is 11.9. The zero-order valence-corrected chi connectivity index (χ0v) is 8.14. The Morgan fingerprint density at radius 2 is 1.93 bits per heavy atom. The Morgan fingerprint density at radius 3 is 2.40 bits per heavy atom. The number of aromatic nitrogens is 1. The molecule has 0 saturated carbocycles. The number of hydrogen-bond acceptors (Lipinski definition) is 2. The fourth-order valence-electron chi connectivity index (χ4n) is 1.09. The van der Waals surface area contributed by atoms with Gasteiger partial charge >= 0.3 is 12.1 Å². The van der Waals surface area contributed by atoms with Crippen LogP contribution in [0, 0.1) is 13.8 Å². The van der Waals surface area contributed by atoms with Gasteiger partial charge in [-0.05, 0) is 31.5 Å². The topological polar surface area (TPSA) is 42.0 Å². The van der Waals surface area contributed by atoms with E-state index in [4.69, 9.17) is 0 Å². The van der Waals surface area contributed by atoms with E-state index in [-0.39, 0.29) is 5.82 Å². The van der Waals surface area contributed by atoms with Crippen LogP contribution in [0.3, 0.4) is 0 Å². The van der Waals surface area contributed by atoms with Crippen molar-refractivity contribution in [1.29, 1.82) is 0 Å². The van der Waals surface area contributed by atoms with Gasteiger partial charge in [0.1, 0.15) is 5.82 Å². The molecule has 1 amide bonds. The summed E-state index contributed by atoms with van der Waals surface area (Å²) in [7, 11) is 0. The quantitative estimate of drug-likeness (QED) is 0.785. The molecule has 15 heavy (non-hydrogen) atoms. The number of anilines is 1. The summed E-state index contributed by atoms with van der Waals surface area (Å²) in [5.74, 6) is -2.10. The van der Waals surface area contributed by atoms with Crippen LogP contribution in [-0.2, 0) is 4.79 Å². The lowest BCUT2D eigenvalue weighted by Crippen LogP contribution is -2.30. The van der Waals surface area contributed by atoms with Gasteiger partial charge in [0.2, 0.25) is 0 Å². The predicted octanol–water partition coefficient (Wildman–Crippen LogP) is 2.20. The molecule has 3 nitrogen and oxygen atoms in total. The SMILES string of the molecule is Cc1cc(C)nc(NC(=O)C(F)(F)F)c1. The average molecular weight is 218 g/mol. The fourth-order valence-corrected chi connectivity index (χ4v) is 1.09. The molecule has 0 fully saturated rings. The van der Waals surface area contributed by atoms with Crippen LogP contribution >= 0.6 is 0 Å². The molecule has 0 radical (unpaired) electrons. The van der Waals surface area contributed by atoms with Gasteiger partial charge in [0, 0.05) is 5.69 Å². The summed E-state index contributed by atoms with van der Waals surface area (Å²) >= 11 is 0. The lowest BCUT2D eigenvalue weighted by Gasteiger charge is -2.08. The van der Waals surface area contributed by atoms with Gasteiger partial charge in [-0.2, -0.15) is 13.2 Å². The molecule has 0 aliphatic carbocycles. The normalized spacial score (nSPS) is 11.3. The first-order chi connectivity index (χ1) is 6.79. The van der Waals surface area contributed by atoms with Gasteiger partial charge in [-0.3, -0.25) is 4.79 Å². The zero-order chi connectivity index (χ0) is 11.6. The van der Waals surface area contributed by atoms with E-state index in [0.717, 1.165) is 5.56 Å². The molecule has 0 spiro atoms. The van der Waals surface area contributed by atoms with Crippen molar-refractivity contribution in [3.05, 3.63) is 23.4 Å². The predicted molar refractivity (Wildman–Crippen MR) is 48.4 cm³/mol. The van der Waals surface area contributed by atoms with E-state index in [1.807, 2.05) is 0 Å². The first-order valence-corrected chi connectivity index (χ1v) is 4.12. The number of rotatable bonds is 1. The number of aryl methyl sites for hydroxylation is 2. The van der Waals surface area contributed by atoms with Gasteiger partial charge in [0.15, 0.2) is 0 Å². The third-order valence-electron chi connectivity index (χ3n) is 1.60. The van der Waals surface area contributed by atoms with Gasteiger partial charge in [-0.15, -0.1) is 0 Å². The summed E-state index contributed by atoms with van der Waals surface area (Å²) in [6.07, 6.45) is -4.89. The molecular weight excluding hydrogens is 209 g/mol. The second-order valence-electron chi connectivity index (χ2n) is 3.12. The Hall–Kier alpha value is -1.59. The van der Waals surface area contributed by atoms with Gasteiger partial charge < -0.3 is 5.32 Å². The minimum absolute atomic E-state index is 0.0881. The number of pyridine rings is 1. The number of carbonyl (C=O) groups excluding carboxylic acids is 1. The molecule has 1 N–H and O–H groups in total.